The Morgan fingerprint density at radius 1 is 0.167 bits per heavy atom. The molecule has 0 saturated carbocycles. The summed E-state index contributed by atoms with van der Waals surface area (Å²) in [4.78, 5) is 17.2. The number of hydrogen-bond donors (Lipinski definition) is 0. The van der Waals surface area contributed by atoms with E-state index in [9.17, 15) is 0 Å². The van der Waals surface area contributed by atoms with Crippen LogP contribution in [0.1, 0.15) is 0 Å². The Morgan fingerprint density at radius 3 is 1.14 bits per heavy atom. The average molecular weight is 1700 g/mol. The highest BCUT2D eigenvalue weighted by Crippen LogP contribution is 2.51. The number of fused-ring (bicyclic) bond motifs is 40. The quantitative estimate of drug-likeness (QED) is 0.163. The molecule has 0 aliphatic rings. The van der Waals surface area contributed by atoms with Crippen molar-refractivity contribution in [3.8, 4) is 22.7 Å². The highest BCUT2D eigenvalue weighted by Gasteiger charge is 2.28. The number of hydrogen-bond acceptors (Lipinski definition) is 12. The highest BCUT2D eigenvalue weighted by molar-refractivity contribution is 6.37. The predicted octanol–water partition coefficient (Wildman–Crippen LogP) is 31.9. The first-order chi connectivity index (χ1) is 65.5. The van der Waals surface area contributed by atoms with E-state index >= 15 is 0 Å². The van der Waals surface area contributed by atoms with Gasteiger partial charge in [-0.2, -0.15) is 0 Å². The topological polar surface area (TPSA) is 176 Å². The molecule has 132 heavy (non-hydrogen) atoms. The van der Waals surface area contributed by atoms with E-state index in [0.29, 0.717) is 0 Å². The van der Waals surface area contributed by atoms with Gasteiger partial charge in [0.1, 0.15) is 55.6 Å². The van der Waals surface area contributed by atoms with Crippen LogP contribution in [0.2, 0.25) is 0 Å². The second-order valence-electron chi connectivity index (χ2n) is 33.8. The van der Waals surface area contributed by atoms with Crippen molar-refractivity contribution in [2.45, 2.75) is 0 Å². The van der Waals surface area contributed by atoms with Gasteiger partial charge in [-0.25, -0.2) is 19.9 Å². The standard InChI is InChI=1S/4C29H16N2O2/c1-2-8-19-18(7-1)26-21-10-4-6-12-24(21)33-29(26)27-20-9-3-5-11-23(20)31(28(19)27)17-13-14-22-25(15-17)32-16-30-22;1-2-8-19-18(7-1)26-20-9-3-5-11-23(20)31(17-13-14-22-25(15-17)32-16-30-22)28(26)29-27(19)21-10-4-6-12-24(21)33-29;1-2-6-19-17(5-1)9-14-24-27(19)22-12-11-21-20-7-3-4-8-25(20)33-29(21)28(22)31(24)18-10-13-23-26(15-18)32-16-30-23;1-2-6-18-12-25-21(11-17(18)5-1)22-15-28-23(20-7-3-4-8-27(20)33-28)14-26(22)31(25)19-9-10-24-29(13-19)32-16-30-24/h4*1-16H. The first-order valence-electron chi connectivity index (χ1n) is 43.9. The van der Waals surface area contributed by atoms with E-state index in [4.69, 9.17) is 35.3 Å². The number of benzene rings is 20. The van der Waals surface area contributed by atoms with Crippen molar-refractivity contribution in [3.05, 3.63) is 390 Å². The molecular formula is C116H64N8O8. The van der Waals surface area contributed by atoms with Crippen LogP contribution in [0.5, 0.6) is 0 Å². The van der Waals surface area contributed by atoms with Gasteiger partial charge < -0.3 is 53.6 Å². The lowest BCUT2D eigenvalue weighted by atomic mass is 9.99. The summed E-state index contributed by atoms with van der Waals surface area (Å²) in [6, 6.07) is 127. The lowest BCUT2D eigenvalue weighted by Crippen LogP contribution is -1.94. The minimum atomic E-state index is 0.764. The zero-order valence-electron chi connectivity index (χ0n) is 69.8. The van der Waals surface area contributed by atoms with Crippen molar-refractivity contribution in [3.63, 3.8) is 0 Å². The first-order valence-corrected chi connectivity index (χ1v) is 43.9. The van der Waals surface area contributed by atoms with E-state index in [1.165, 1.54) is 112 Å². The van der Waals surface area contributed by atoms with Gasteiger partial charge in [-0.3, -0.25) is 0 Å². The molecular weight excluding hydrogens is 1630 g/mol. The van der Waals surface area contributed by atoms with Crippen molar-refractivity contribution in [1.29, 1.82) is 0 Å². The van der Waals surface area contributed by atoms with Gasteiger partial charge in [0.15, 0.2) is 59.1 Å². The second kappa shape index (κ2) is 27.6. The number of furan rings is 4. The molecule has 32 rings (SSSR count). The molecule has 0 aliphatic heterocycles. The molecule has 616 valence electrons. The third-order valence-electron chi connectivity index (χ3n) is 26.9. The summed E-state index contributed by atoms with van der Waals surface area (Å²) in [6.07, 6.45) is 5.97. The Balaban J connectivity index is 0.0000000862. The molecule has 32 aromatic rings. The normalized spacial score (nSPS) is 12.2. The van der Waals surface area contributed by atoms with E-state index in [0.717, 1.165) is 199 Å². The monoisotopic (exact) mass is 1700 g/mol. The molecule has 20 aromatic carbocycles. The smallest absolute Gasteiger partial charge is 0.181 e. The summed E-state index contributed by atoms with van der Waals surface area (Å²) in [7, 11) is 0. The molecule has 0 radical (unpaired) electrons. The van der Waals surface area contributed by atoms with Crippen molar-refractivity contribution in [1.82, 2.24) is 38.2 Å². The summed E-state index contributed by atoms with van der Waals surface area (Å²) >= 11 is 0. The average Bonchev–Trinajstić information content (AvgIpc) is 1.53. The molecule has 0 spiro atoms. The highest BCUT2D eigenvalue weighted by atomic mass is 16.4. The number of nitrogens with zero attached hydrogens (tertiary/aromatic N) is 8. The van der Waals surface area contributed by atoms with Crippen LogP contribution in [-0.4, -0.2) is 38.2 Å². The Kier molecular flexibility index (Phi) is 15.0. The van der Waals surface area contributed by atoms with E-state index in [1.807, 2.05) is 72.8 Å². The van der Waals surface area contributed by atoms with Gasteiger partial charge in [-0.1, -0.05) is 218 Å². The zero-order valence-corrected chi connectivity index (χ0v) is 69.8. The van der Waals surface area contributed by atoms with Gasteiger partial charge in [0.2, 0.25) is 0 Å². The van der Waals surface area contributed by atoms with Gasteiger partial charge in [0.05, 0.1) is 72.3 Å². The number of rotatable bonds is 4. The minimum Gasteiger partial charge on any atom is -0.456 e. The summed E-state index contributed by atoms with van der Waals surface area (Å²) < 4.78 is 57.6. The lowest BCUT2D eigenvalue weighted by Gasteiger charge is -2.10. The van der Waals surface area contributed by atoms with Gasteiger partial charge in [-0.15, -0.1) is 0 Å². The summed E-state index contributed by atoms with van der Waals surface area (Å²) in [6.45, 7) is 0. The molecule has 0 saturated heterocycles. The van der Waals surface area contributed by atoms with Crippen molar-refractivity contribution in [2.24, 2.45) is 0 Å². The van der Waals surface area contributed by atoms with Crippen molar-refractivity contribution in [2.75, 3.05) is 0 Å². The Bertz CT molecular complexity index is 10400. The van der Waals surface area contributed by atoms with E-state index in [-0.39, 0.29) is 0 Å². The van der Waals surface area contributed by atoms with E-state index in [1.54, 1.807) is 0 Å². The molecule has 0 fully saturated rings. The molecule has 12 aromatic heterocycles. The van der Waals surface area contributed by atoms with Gasteiger partial charge in [0.25, 0.3) is 0 Å². The molecule has 0 amide bonds. The largest absolute Gasteiger partial charge is 0.456 e. The van der Waals surface area contributed by atoms with Crippen LogP contribution in [0, 0.1) is 0 Å². The molecule has 0 aliphatic carbocycles. The van der Waals surface area contributed by atoms with Crippen LogP contribution in [0.15, 0.2) is 425 Å². The predicted molar refractivity (Wildman–Crippen MR) is 533 cm³/mol. The molecule has 0 bridgehead atoms. The van der Waals surface area contributed by atoms with Gasteiger partial charge in [-0.05, 0) is 159 Å². The van der Waals surface area contributed by atoms with E-state index in [2.05, 4.69) is 329 Å². The van der Waals surface area contributed by atoms with Crippen LogP contribution >= 0.6 is 0 Å². The summed E-state index contributed by atoms with van der Waals surface area (Å²) in [5, 5.41) is 28.2. The van der Waals surface area contributed by atoms with E-state index < -0.39 is 0 Å². The van der Waals surface area contributed by atoms with Crippen LogP contribution in [0.25, 0.3) is 285 Å². The fourth-order valence-electron chi connectivity index (χ4n) is 21.2. The van der Waals surface area contributed by atoms with Crippen LogP contribution in [-0.2, 0) is 0 Å². The molecule has 0 unspecified atom stereocenters. The third-order valence-corrected chi connectivity index (χ3v) is 26.9. The van der Waals surface area contributed by atoms with Crippen LogP contribution < -0.4 is 0 Å². The van der Waals surface area contributed by atoms with Crippen LogP contribution in [0.4, 0.5) is 0 Å². The van der Waals surface area contributed by atoms with Crippen molar-refractivity contribution >= 4 is 262 Å². The molecule has 16 heteroatoms. The maximum atomic E-state index is 6.58. The fourth-order valence-corrected chi connectivity index (χ4v) is 21.2. The Labute approximate surface area is 743 Å². The number of aromatic nitrogens is 8. The maximum absolute atomic E-state index is 6.58. The summed E-state index contributed by atoms with van der Waals surface area (Å²) in [5.41, 5.74) is 26.8. The second-order valence-corrected chi connectivity index (χ2v) is 33.8. The van der Waals surface area contributed by atoms with Crippen molar-refractivity contribution < 1.29 is 35.3 Å². The lowest BCUT2D eigenvalue weighted by molar-refractivity contribution is 0.601. The SMILES string of the molecule is c1ccc2c(c1)ccc1c2c2ccc3c4ccccc4oc3c2n1-c1ccc2ncoc2c1.c1ccc2c(c1)oc1c2c2ccccc2c2c1c1ccccc1n2-c1ccc2ncoc2c1.c1ccc2c(c1)oc1c2c2ccccc2c2c3ccccc3n(-c3ccc4ncoc4c3)c12.c1ccc2cc3c(cc2c1)c1cc2oc4ccccc4c2cc1n3-c1ccc2ncoc2c1. The first kappa shape index (κ1) is 71.9. The molecule has 0 atom stereocenters. The van der Waals surface area contributed by atoms with Gasteiger partial charge >= 0.3 is 0 Å². The van der Waals surface area contributed by atoms with Gasteiger partial charge in [0, 0.05) is 110 Å². The minimum absolute atomic E-state index is 0.764. The number of para-hydroxylation sites is 6. The zero-order chi connectivity index (χ0) is 86.1. The molecule has 0 N–H and O–H groups in total. The summed E-state index contributed by atoms with van der Waals surface area (Å²) in [5.74, 6) is 0. The Morgan fingerprint density at radius 2 is 0.561 bits per heavy atom. The molecule has 16 nitrogen and oxygen atoms in total. The maximum Gasteiger partial charge on any atom is 0.181 e. The Hall–Kier alpha value is -18.3. The van der Waals surface area contributed by atoms with Crippen LogP contribution in [0.3, 0.4) is 0 Å². The fraction of sp³-hybridized carbons (Fsp3) is 0. The molecule has 12 heterocycles. The third kappa shape index (κ3) is 10.5. The number of oxazole rings is 4.